The van der Waals surface area contributed by atoms with Crippen LogP contribution in [0.3, 0.4) is 0 Å². The Morgan fingerprint density at radius 2 is 2.09 bits per heavy atom. The van der Waals surface area contributed by atoms with Crippen LogP contribution in [0, 0.1) is 0 Å². The van der Waals surface area contributed by atoms with Gasteiger partial charge in [-0.2, -0.15) is 0 Å². The number of nitrogens with zero attached hydrogens (tertiary/aromatic N) is 1. The predicted octanol–water partition coefficient (Wildman–Crippen LogP) is 1.53. The highest BCUT2D eigenvalue weighted by Crippen LogP contribution is 2.38. The van der Waals surface area contributed by atoms with E-state index in [1.807, 2.05) is 6.07 Å². The second-order valence-corrected chi connectivity index (χ2v) is 5.49. The molecule has 0 bridgehead atoms. The van der Waals surface area contributed by atoms with Crippen molar-refractivity contribution in [2.45, 2.75) is 25.0 Å². The van der Waals surface area contributed by atoms with Crippen molar-refractivity contribution in [2.24, 2.45) is 5.16 Å². The van der Waals surface area contributed by atoms with Crippen LogP contribution >= 0.6 is 0 Å². The molecule has 2 atom stereocenters. The van der Waals surface area contributed by atoms with E-state index in [0.29, 0.717) is 36.8 Å². The van der Waals surface area contributed by atoms with Gasteiger partial charge < -0.3 is 23.8 Å². The number of hydrogen-bond donors (Lipinski definition) is 0. The summed E-state index contributed by atoms with van der Waals surface area (Å²) in [4.78, 5) is 17.1. The van der Waals surface area contributed by atoms with Crippen LogP contribution in [0.4, 0.5) is 0 Å². The Morgan fingerprint density at radius 1 is 1.30 bits per heavy atom. The molecule has 0 N–H and O–H groups in total. The molecule has 1 fully saturated rings. The molecule has 2 heterocycles. The molecule has 124 valence electrons. The van der Waals surface area contributed by atoms with Gasteiger partial charge >= 0.3 is 5.97 Å². The van der Waals surface area contributed by atoms with E-state index in [4.69, 9.17) is 23.8 Å². The lowest BCUT2D eigenvalue weighted by molar-refractivity contribution is -0.156. The van der Waals surface area contributed by atoms with Gasteiger partial charge in [-0.3, -0.25) is 4.79 Å². The predicted molar refractivity (Wildman–Crippen MR) is 80.9 cm³/mol. The molecule has 0 aromatic heterocycles. The number of benzene rings is 1. The quantitative estimate of drug-likeness (QED) is 0.783. The second-order valence-electron chi connectivity index (χ2n) is 5.49. The lowest BCUT2D eigenvalue weighted by atomic mass is 9.90. The van der Waals surface area contributed by atoms with Gasteiger partial charge in [0.15, 0.2) is 17.6 Å². The van der Waals surface area contributed by atoms with Gasteiger partial charge in [-0.1, -0.05) is 5.16 Å². The third-order valence-corrected chi connectivity index (χ3v) is 4.03. The second kappa shape index (κ2) is 6.08. The minimum Gasteiger partial charge on any atom is -0.493 e. The molecule has 0 radical (unpaired) electrons. The molecule has 2 aliphatic rings. The number of rotatable bonds is 4. The van der Waals surface area contributed by atoms with Gasteiger partial charge in [-0.05, 0) is 18.2 Å². The van der Waals surface area contributed by atoms with E-state index in [-0.39, 0.29) is 5.97 Å². The Morgan fingerprint density at radius 3 is 2.70 bits per heavy atom. The van der Waals surface area contributed by atoms with Crippen LogP contribution in [0.25, 0.3) is 0 Å². The number of ether oxygens (including phenoxy) is 4. The molecule has 2 aliphatic heterocycles. The topological polar surface area (TPSA) is 75.6 Å². The highest BCUT2D eigenvalue weighted by Gasteiger charge is 2.54. The van der Waals surface area contributed by atoms with E-state index >= 15 is 0 Å². The Kier molecular flexibility index (Phi) is 4.12. The van der Waals surface area contributed by atoms with Gasteiger partial charge in [0.2, 0.25) is 5.60 Å². The van der Waals surface area contributed by atoms with Gasteiger partial charge in [0.1, 0.15) is 5.71 Å². The number of esters is 1. The average molecular weight is 321 g/mol. The summed E-state index contributed by atoms with van der Waals surface area (Å²) in [5.41, 5.74) is 0.554. The lowest BCUT2D eigenvalue weighted by Crippen LogP contribution is -2.47. The standard InChI is InChI=1S/C16H19NO6/c1-10(18)22-15-14(17-23-16(15)6-7-21-9-16)11-4-5-12(19-2)13(8-11)20-3/h4-5,8,15H,6-7,9H2,1-3H3. The highest BCUT2D eigenvalue weighted by molar-refractivity contribution is 6.06. The maximum absolute atomic E-state index is 11.5. The molecule has 1 saturated heterocycles. The summed E-state index contributed by atoms with van der Waals surface area (Å²) in [6.07, 6.45) is 0.00575. The van der Waals surface area contributed by atoms with Crippen LogP contribution < -0.4 is 9.47 Å². The van der Waals surface area contributed by atoms with Crippen LogP contribution in [-0.4, -0.2) is 50.8 Å². The molecule has 1 aromatic carbocycles. The molecular formula is C16H19NO6. The Hall–Kier alpha value is -2.28. The number of hydrogen-bond acceptors (Lipinski definition) is 7. The first-order chi connectivity index (χ1) is 11.1. The molecule has 0 saturated carbocycles. The first kappa shape index (κ1) is 15.6. The monoisotopic (exact) mass is 321 g/mol. The maximum Gasteiger partial charge on any atom is 0.303 e. The Balaban J connectivity index is 1.96. The van der Waals surface area contributed by atoms with Crippen molar-refractivity contribution in [1.82, 2.24) is 0 Å². The van der Waals surface area contributed by atoms with E-state index in [9.17, 15) is 4.79 Å². The maximum atomic E-state index is 11.5. The first-order valence-corrected chi connectivity index (χ1v) is 7.33. The third kappa shape index (κ3) is 2.72. The molecule has 0 amide bonds. The number of carbonyl (C=O) groups is 1. The molecule has 1 spiro atoms. The Bertz CT molecular complexity index is 635. The summed E-state index contributed by atoms with van der Waals surface area (Å²) >= 11 is 0. The first-order valence-electron chi connectivity index (χ1n) is 7.33. The zero-order valence-corrected chi connectivity index (χ0v) is 13.3. The van der Waals surface area contributed by atoms with Crippen LogP contribution in [0.15, 0.2) is 23.4 Å². The molecule has 0 aliphatic carbocycles. The molecule has 3 rings (SSSR count). The van der Waals surface area contributed by atoms with Crippen LogP contribution in [0.5, 0.6) is 11.5 Å². The lowest BCUT2D eigenvalue weighted by Gasteiger charge is -2.26. The van der Waals surface area contributed by atoms with Crippen molar-refractivity contribution < 1.29 is 28.6 Å². The van der Waals surface area contributed by atoms with Crippen molar-refractivity contribution in [2.75, 3.05) is 27.4 Å². The minimum absolute atomic E-state index is 0.339. The number of methoxy groups -OCH3 is 2. The van der Waals surface area contributed by atoms with E-state index in [2.05, 4.69) is 5.16 Å². The van der Waals surface area contributed by atoms with E-state index in [0.717, 1.165) is 5.56 Å². The van der Waals surface area contributed by atoms with Gasteiger partial charge in [0.05, 0.1) is 27.4 Å². The van der Waals surface area contributed by atoms with Crippen molar-refractivity contribution in [3.63, 3.8) is 0 Å². The smallest absolute Gasteiger partial charge is 0.303 e. The summed E-state index contributed by atoms with van der Waals surface area (Å²) < 4.78 is 21.5. The zero-order valence-electron chi connectivity index (χ0n) is 13.3. The number of carbonyl (C=O) groups excluding carboxylic acids is 1. The van der Waals surface area contributed by atoms with Gasteiger partial charge in [0, 0.05) is 18.9 Å². The van der Waals surface area contributed by atoms with Crippen LogP contribution in [0.1, 0.15) is 18.9 Å². The van der Waals surface area contributed by atoms with Gasteiger partial charge in [-0.25, -0.2) is 0 Å². The average Bonchev–Trinajstić information content (AvgIpc) is 3.15. The molecule has 2 unspecified atom stereocenters. The molecule has 7 heteroatoms. The fourth-order valence-corrected chi connectivity index (χ4v) is 2.85. The van der Waals surface area contributed by atoms with Crippen molar-refractivity contribution in [3.8, 4) is 11.5 Å². The third-order valence-electron chi connectivity index (χ3n) is 4.03. The summed E-state index contributed by atoms with van der Waals surface area (Å²) in [7, 11) is 3.13. The van der Waals surface area contributed by atoms with Gasteiger partial charge in [-0.15, -0.1) is 0 Å². The Labute approximate surface area is 134 Å². The van der Waals surface area contributed by atoms with Crippen molar-refractivity contribution in [1.29, 1.82) is 0 Å². The summed E-state index contributed by atoms with van der Waals surface area (Å²) in [6, 6.07) is 5.39. The largest absolute Gasteiger partial charge is 0.493 e. The highest BCUT2D eigenvalue weighted by atomic mass is 16.7. The molecule has 23 heavy (non-hydrogen) atoms. The fourth-order valence-electron chi connectivity index (χ4n) is 2.85. The van der Waals surface area contributed by atoms with Crippen LogP contribution in [-0.2, 0) is 19.1 Å². The summed E-state index contributed by atoms with van der Waals surface area (Å²) in [6.45, 7) is 2.26. The van der Waals surface area contributed by atoms with Gasteiger partial charge in [0.25, 0.3) is 0 Å². The SMILES string of the molecule is COc1ccc(C2=NOC3(CCOC3)C2OC(C)=O)cc1OC. The normalized spacial score (nSPS) is 25.9. The van der Waals surface area contributed by atoms with E-state index < -0.39 is 11.7 Å². The minimum atomic E-state index is -0.742. The molecule has 1 aromatic rings. The zero-order chi connectivity index (χ0) is 16.4. The van der Waals surface area contributed by atoms with E-state index in [1.54, 1.807) is 26.4 Å². The van der Waals surface area contributed by atoms with Crippen molar-refractivity contribution in [3.05, 3.63) is 23.8 Å². The summed E-state index contributed by atoms with van der Waals surface area (Å²) in [5.74, 6) is 0.788. The van der Waals surface area contributed by atoms with Crippen molar-refractivity contribution >= 4 is 11.7 Å². The number of oxime groups is 1. The summed E-state index contributed by atoms with van der Waals surface area (Å²) in [5, 5.41) is 4.17. The molecular weight excluding hydrogens is 302 g/mol. The fraction of sp³-hybridized carbons (Fsp3) is 0.500. The van der Waals surface area contributed by atoms with E-state index in [1.165, 1.54) is 6.92 Å². The van der Waals surface area contributed by atoms with Crippen LogP contribution in [0.2, 0.25) is 0 Å². The molecule has 7 nitrogen and oxygen atoms in total.